The van der Waals surface area contributed by atoms with E-state index < -0.39 is 0 Å². The summed E-state index contributed by atoms with van der Waals surface area (Å²) in [7, 11) is 4.05. The molecule has 1 fully saturated rings. The first-order valence-corrected chi connectivity index (χ1v) is 9.12. The van der Waals surface area contributed by atoms with Gasteiger partial charge in [-0.2, -0.15) is 0 Å². The molecule has 2 atom stereocenters. The van der Waals surface area contributed by atoms with Crippen LogP contribution in [0, 0.1) is 17.7 Å². The summed E-state index contributed by atoms with van der Waals surface area (Å²) < 4.78 is 13.3. The maximum Gasteiger partial charge on any atom is 0.223 e. The fourth-order valence-corrected chi connectivity index (χ4v) is 3.84. The number of piperidine rings is 1. The second kappa shape index (κ2) is 8.14. The van der Waals surface area contributed by atoms with Crippen LogP contribution >= 0.6 is 0 Å². The van der Waals surface area contributed by atoms with Gasteiger partial charge in [-0.15, -0.1) is 0 Å². The zero-order valence-corrected chi connectivity index (χ0v) is 15.4. The highest BCUT2D eigenvalue weighted by Gasteiger charge is 2.29. The highest BCUT2D eigenvalue weighted by atomic mass is 19.1. The Morgan fingerprint density at radius 2 is 2.15 bits per heavy atom. The van der Waals surface area contributed by atoms with Crippen LogP contribution in [0.3, 0.4) is 0 Å². The third-order valence-electron chi connectivity index (χ3n) is 4.93. The Bertz CT molecular complexity index is 761. The molecule has 1 aromatic carbocycles. The molecule has 2 N–H and O–H groups in total. The van der Waals surface area contributed by atoms with Crippen LogP contribution < -0.4 is 0 Å². The molecule has 1 aliphatic rings. The van der Waals surface area contributed by atoms with Crippen LogP contribution in [0.15, 0.2) is 18.2 Å². The van der Waals surface area contributed by atoms with Gasteiger partial charge in [-0.25, -0.2) is 9.37 Å². The number of halogens is 1. The van der Waals surface area contributed by atoms with Crippen molar-refractivity contribution in [3.05, 3.63) is 29.8 Å². The highest BCUT2D eigenvalue weighted by molar-refractivity contribution is 5.77. The predicted molar refractivity (Wildman–Crippen MR) is 98.2 cm³/mol. The largest absolute Gasteiger partial charge is 0.396 e. The van der Waals surface area contributed by atoms with E-state index in [2.05, 4.69) is 14.9 Å². The number of hydrogen-bond donors (Lipinski definition) is 2. The summed E-state index contributed by atoms with van der Waals surface area (Å²) in [6, 6.07) is 4.43. The van der Waals surface area contributed by atoms with Gasteiger partial charge >= 0.3 is 0 Å². The van der Waals surface area contributed by atoms with E-state index >= 15 is 0 Å². The van der Waals surface area contributed by atoms with Crippen LogP contribution in [0.4, 0.5) is 4.39 Å². The first-order valence-electron chi connectivity index (χ1n) is 9.12. The topological polar surface area (TPSA) is 72.5 Å². The van der Waals surface area contributed by atoms with Crippen molar-refractivity contribution in [2.45, 2.75) is 19.3 Å². The number of nitrogens with one attached hydrogen (secondary N) is 1. The van der Waals surface area contributed by atoms with Crippen LogP contribution in [0.2, 0.25) is 0 Å². The molecule has 0 aliphatic carbocycles. The number of carbonyl (C=O) groups excluding carboxylic acids is 1. The third kappa shape index (κ3) is 4.59. The lowest BCUT2D eigenvalue weighted by Crippen LogP contribution is -2.47. The van der Waals surface area contributed by atoms with Crippen molar-refractivity contribution >= 4 is 16.9 Å². The minimum Gasteiger partial charge on any atom is -0.396 e. The van der Waals surface area contributed by atoms with E-state index in [0.717, 1.165) is 19.5 Å². The fraction of sp³-hybridized carbons (Fsp3) is 0.579. The van der Waals surface area contributed by atoms with E-state index in [9.17, 15) is 14.3 Å². The van der Waals surface area contributed by atoms with E-state index in [-0.39, 0.29) is 24.2 Å². The van der Waals surface area contributed by atoms with Crippen LogP contribution in [-0.2, 0) is 11.2 Å². The minimum absolute atomic E-state index is 0.0820. The number of H-pyrrole nitrogens is 1. The van der Waals surface area contributed by atoms with Gasteiger partial charge in [-0.3, -0.25) is 4.79 Å². The van der Waals surface area contributed by atoms with Gasteiger partial charge in [0.2, 0.25) is 5.91 Å². The van der Waals surface area contributed by atoms with Crippen molar-refractivity contribution in [3.63, 3.8) is 0 Å². The summed E-state index contributed by atoms with van der Waals surface area (Å²) in [6.45, 7) is 2.38. The number of rotatable bonds is 6. The minimum atomic E-state index is -0.306. The zero-order valence-electron chi connectivity index (χ0n) is 15.4. The average molecular weight is 362 g/mol. The molecular weight excluding hydrogens is 335 g/mol. The molecule has 142 valence electrons. The number of benzene rings is 1. The molecule has 0 bridgehead atoms. The molecule has 1 amide bonds. The van der Waals surface area contributed by atoms with Crippen LogP contribution in [0.5, 0.6) is 0 Å². The number of aryl methyl sites for hydroxylation is 1. The summed E-state index contributed by atoms with van der Waals surface area (Å²) in [6.07, 6.45) is 1.80. The molecule has 0 spiro atoms. The normalized spacial score (nSPS) is 20.9. The number of nitrogens with zero attached hydrogens (tertiary/aromatic N) is 3. The van der Waals surface area contributed by atoms with E-state index in [4.69, 9.17) is 0 Å². The van der Waals surface area contributed by atoms with Crippen LogP contribution in [0.25, 0.3) is 11.0 Å². The SMILES string of the molecule is CN(C)C[C@H]1C[C@H](CO)CN(C(=O)CCc2nc3ccc(F)cc3[nH]2)C1. The number of fused-ring (bicyclic) bond motifs is 1. The monoisotopic (exact) mass is 362 g/mol. The number of amides is 1. The number of hydrogen-bond acceptors (Lipinski definition) is 4. The molecule has 0 saturated carbocycles. The van der Waals surface area contributed by atoms with Gasteiger partial charge in [0.15, 0.2) is 0 Å². The second-order valence-corrected chi connectivity index (χ2v) is 7.56. The van der Waals surface area contributed by atoms with E-state index in [1.54, 1.807) is 6.07 Å². The molecule has 7 heteroatoms. The lowest BCUT2D eigenvalue weighted by Gasteiger charge is -2.38. The van der Waals surface area contributed by atoms with E-state index in [0.29, 0.717) is 42.2 Å². The molecule has 1 aliphatic heterocycles. The van der Waals surface area contributed by atoms with Gasteiger partial charge in [-0.05, 0) is 50.6 Å². The molecule has 0 radical (unpaired) electrons. The summed E-state index contributed by atoms with van der Waals surface area (Å²) in [5.41, 5.74) is 1.36. The van der Waals surface area contributed by atoms with Crippen molar-refractivity contribution in [2.24, 2.45) is 11.8 Å². The number of aromatic amines is 1. The quantitative estimate of drug-likeness (QED) is 0.820. The fourth-order valence-electron chi connectivity index (χ4n) is 3.84. The molecule has 2 heterocycles. The first-order chi connectivity index (χ1) is 12.4. The summed E-state index contributed by atoms with van der Waals surface area (Å²) in [5.74, 6) is 0.998. The van der Waals surface area contributed by atoms with Crippen molar-refractivity contribution in [1.29, 1.82) is 0 Å². The standard InChI is InChI=1S/C19H27FN4O2/c1-23(2)9-13-7-14(12-25)11-24(10-13)19(26)6-5-18-21-16-4-3-15(20)8-17(16)22-18/h3-4,8,13-14,25H,5-7,9-12H2,1-2H3,(H,21,22)/t13-,14+/m1/s1. The lowest BCUT2D eigenvalue weighted by atomic mass is 9.89. The van der Waals surface area contributed by atoms with Gasteiger partial charge in [-0.1, -0.05) is 0 Å². The maximum atomic E-state index is 13.3. The van der Waals surface area contributed by atoms with Gasteiger partial charge in [0.25, 0.3) is 0 Å². The maximum absolute atomic E-state index is 13.3. The van der Waals surface area contributed by atoms with E-state index in [1.165, 1.54) is 12.1 Å². The van der Waals surface area contributed by atoms with Crippen molar-refractivity contribution in [2.75, 3.05) is 40.3 Å². The highest BCUT2D eigenvalue weighted by Crippen LogP contribution is 2.23. The molecule has 1 saturated heterocycles. The lowest BCUT2D eigenvalue weighted by molar-refractivity contribution is -0.134. The Kier molecular flexibility index (Phi) is 5.88. The molecule has 1 aromatic heterocycles. The molecule has 0 unspecified atom stereocenters. The predicted octanol–water partition coefficient (Wildman–Crippen LogP) is 1.65. The summed E-state index contributed by atoms with van der Waals surface area (Å²) in [4.78, 5) is 24.2. The first kappa shape index (κ1) is 18.8. The molecule has 26 heavy (non-hydrogen) atoms. The van der Waals surface area contributed by atoms with Crippen LogP contribution in [-0.4, -0.2) is 71.1 Å². The van der Waals surface area contributed by atoms with Crippen molar-refractivity contribution in [3.8, 4) is 0 Å². The number of imidazole rings is 1. The number of carbonyl (C=O) groups is 1. The second-order valence-electron chi connectivity index (χ2n) is 7.56. The van der Waals surface area contributed by atoms with Gasteiger partial charge in [0.05, 0.1) is 11.0 Å². The number of likely N-dealkylation sites (tertiary alicyclic amines) is 1. The van der Waals surface area contributed by atoms with Gasteiger partial charge < -0.3 is 19.9 Å². The molecule has 3 rings (SSSR count). The van der Waals surface area contributed by atoms with Gasteiger partial charge in [0.1, 0.15) is 11.6 Å². The molecular formula is C19H27FN4O2. The Morgan fingerprint density at radius 3 is 2.88 bits per heavy atom. The molecule has 2 aromatic rings. The summed E-state index contributed by atoms with van der Waals surface area (Å²) in [5, 5.41) is 9.56. The Morgan fingerprint density at radius 1 is 1.38 bits per heavy atom. The van der Waals surface area contributed by atoms with Gasteiger partial charge in [0, 0.05) is 39.1 Å². The molecule has 6 nitrogen and oxygen atoms in total. The smallest absolute Gasteiger partial charge is 0.223 e. The van der Waals surface area contributed by atoms with E-state index in [1.807, 2.05) is 19.0 Å². The Labute approximate surface area is 153 Å². The Hall–Kier alpha value is -1.99. The summed E-state index contributed by atoms with van der Waals surface area (Å²) >= 11 is 0. The van der Waals surface area contributed by atoms with Crippen LogP contribution in [0.1, 0.15) is 18.7 Å². The number of aliphatic hydroxyl groups is 1. The average Bonchev–Trinajstić information content (AvgIpc) is 3.00. The Balaban J connectivity index is 1.60. The van der Waals surface area contributed by atoms with Crippen molar-refractivity contribution in [1.82, 2.24) is 19.8 Å². The zero-order chi connectivity index (χ0) is 18.7. The third-order valence-corrected chi connectivity index (χ3v) is 4.93. The van der Waals surface area contributed by atoms with Crippen molar-refractivity contribution < 1.29 is 14.3 Å². The number of aromatic nitrogens is 2. The number of aliphatic hydroxyl groups excluding tert-OH is 1.